The van der Waals surface area contributed by atoms with Crippen molar-refractivity contribution < 1.29 is 23.1 Å². The summed E-state index contributed by atoms with van der Waals surface area (Å²) in [6.45, 7) is 1.73. The van der Waals surface area contributed by atoms with E-state index in [2.05, 4.69) is 5.32 Å². The van der Waals surface area contributed by atoms with Gasteiger partial charge in [-0.05, 0) is 11.5 Å². The van der Waals surface area contributed by atoms with Crippen LogP contribution in [-0.2, 0) is 4.79 Å². The summed E-state index contributed by atoms with van der Waals surface area (Å²) in [6.07, 6.45) is -5.12. The fraction of sp³-hybridized carbons (Fsp3) is 0.500. The maximum absolute atomic E-state index is 13.0. The number of benzene rings is 1. The Morgan fingerprint density at radius 3 is 2.40 bits per heavy atom. The Bertz CT molecular complexity index is 420. The van der Waals surface area contributed by atoms with Gasteiger partial charge in [0.2, 0.25) is 5.91 Å². The van der Waals surface area contributed by atoms with Gasteiger partial charge in [0, 0.05) is 19.6 Å². The number of hydrogen-bond donors (Lipinski definition) is 2. The van der Waals surface area contributed by atoms with E-state index in [9.17, 15) is 18.0 Å². The first-order valence-corrected chi connectivity index (χ1v) is 6.33. The molecular formula is C14H18F3NO2. The molecule has 0 aliphatic rings. The number of carbonyl (C=O) groups excluding carboxylic acids is 1. The van der Waals surface area contributed by atoms with Crippen LogP contribution in [-0.4, -0.2) is 30.3 Å². The predicted octanol–water partition coefficient (Wildman–Crippen LogP) is 2.47. The zero-order valence-corrected chi connectivity index (χ0v) is 11.2. The minimum absolute atomic E-state index is 0.0744. The first-order chi connectivity index (χ1) is 9.34. The number of halogens is 3. The highest BCUT2D eigenvalue weighted by molar-refractivity contribution is 5.77. The molecular weight excluding hydrogens is 271 g/mol. The third-order valence-electron chi connectivity index (χ3n) is 2.95. The van der Waals surface area contributed by atoms with Gasteiger partial charge >= 0.3 is 6.18 Å². The smallest absolute Gasteiger partial charge is 0.396 e. The Morgan fingerprint density at radius 1 is 1.30 bits per heavy atom. The molecule has 0 bridgehead atoms. The van der Waals surface area contributed by atoms with Crippen LogP contribution in [0.25, 0.3) is 0 Å². The van der Waals surface area contributed by atoms with Crippen molar-refractivity contribution in [2.75, 3.05) is 13.2 Å². The Kier molecular flexibility index (Phi) is 6.01. The molecule has 0 saturated carbocycles. The van der Waals surface area contributed by atoms with E-state index >= 15 is 0 Å². The number of rotatable bonds is 6. The lowest BCUT2D eigenvalue weighted by Crippen LogP contribution is -2.33. The molecule has 20 heavy (non-hydrogen) atoms. The maximum Gasteiger partial charge on any atom is 0.396 e. The normalized spacial score (nSPS) is 14.7. The van der Waals surface area contributed by atoms with E-state index in [0.717, 1.165) is 0 Å². The van der Waals surface area contributed by atoms with Gasteiger partial charge in [0.25, 0.3) is 0 Å². The summed E-state index contributed by atoms with van der Waals surface area (Å²) < 4.78 is 39.0. The molecule has 2 N–H and O–H groups in total. The summed E-state index contributed by atoms with van der Waals surface area (Å²) >= 11 is 0. The van der Waals surface area contributed by atoms with Crippen LogP contribution in [0.4, 0.5) is 13.2 Å². The highest BCUT2D eigenvalue weighted by Crippen LogP contribution is 2.37. The van der Waals surface area contributed by atoms with Gasteiger partial charge in [-0.25, -0.2) is 0 Å². The van der Waals surface area contributed by atoms with Gasteiger partial charge in [0.1, 0.15) is 0 Å². The standard InChI is InChI=1S/C14H18F3NO2/c1-10(9-19)8-18-13(20)7-12(14(15,16)17)11-5-3-2-4-6-11/h2-6,10,12,19H,7-9H2,1H3,(H,18,20). The number of nitrogens with one attached hydrogen (secondary N) is 1. The molecule has 0 aliphatic heterocycles. The minimum atomic E-state index is -4.47. The molecule has 0 saturated heterocycles. The van der Waals surface area contributed by atoms with Crippen molar-refractivity contribution in [3.05, 3.63) is 35.9 Å². The summed E-state index contributed by atoms with van der Waals surface area (Å²) in [5, 5.41) is 11.2. The number of amides is 1. The molecule has 1 aromatic rings. The van der Waals surface area contributed by atoms with Gasteiger partial charge in [-0.3, -0.25) is 4.79 Å². The second-order valence-electron chi connectivity index (χ2n) is 4.80. The fourth-order valence-corrected chi connectivity index (χ4v) is 1.72. The molecule has 6 heteroatoms. The summed E-state index contributed by atoms with van der Waals surface area (Å²) in [5.74, 6) is -2.66. The van der Waals surface area contributed by atoms with Crippen LogP contribution >= 0.6 is 0 Å². The zero-order chi connectivity index (χ0) is 15.2. The van der Waals surface area contributed by atoms with Gasteiger partial charge in [-0.1, -0.05) is 37.3 Å². The molecule has 1 aromatic carbocycles. The highest BCUT2D eigenvalue weighted by atomic mass is 19.4. The highest BCUT2D eigenvalue weighted by Gasteiger charge is 2.41. The molecule has 3 nitrogen and oxygen atoms in total. The van der Waals surface area contributed by atoms with Crippen molar-refractivity contribution in [1.29, 1.82) is 0 Å². The number of hydrogen-bond acceptors (Lipinski definition) is 2. The van der Waals surface area contributed by atoms with Crippen molar-refractivity contribution in [2.24, 2.45) is 5.92 Å². The maximum atomic E-state index is 13.0. The average molecular weight is 289 g/mol. The quantitative estimate of drug-likeness (QED) is 0.845. The van der Waals surface area contributed by atoms with Gasteiger partial charge < -0.3 is 10.4 Å². The Balaban J connectivity index is 2.70. The summed E-state index contributed by atoms with van der Waals surface area (Å²) in [4.78, 5) is 11.6. The van der Waals surface area contributed by atoms with Crippen LogP contribution in [0, 0.1) is 5.92 Å². The Hall–Kier alpha value is -1.56. The predicted molar refractivity (Wildman–Crippen MR) is 69.1 cm³/mol. The van der Waals surface area contributed by atoms with Crippen LogP contribution in [0.5, 0.6) is 0 Å². The van der Waals surface area contributed by atoms with Crippen molar-refractivity contribution in [3.63, 3.8) is 0 Å². The number of alkyl halides is 3. The Morgan fingerprint density at radius 2 is 1.90 bits per heavy atom. The molecule has 112 valence electrons. The van der Waals surface area contributed by atoms with E-state index in [1.807, 2.05) is 0 Å². The van der Waals surface area contributed by atoms with Crippen LogP contribution in [0.2, 0.25) is 0 Å². The second-order valence-corrected chi connectivity index (χ2v) is 4.80. The zero-order valence-electron chi connectivity index (χ0n) is 11.2. The first kappa shape index (κ1) is 16.5. The van der Waals surface area contributed by atoms with Crippen molar-refractivity contribution in [2.45, 2.75) is 25.4 Å². The molecule has 0 aliphatic carbocycles. The largest absolute Gasteiger partial charge is 0.396 e. The monoisotopic (exact) mass is 289 g/mol. The van der Waals surface area contributed by atoms with E-state index in [0.29, 0.717) is 0 Å². The average Bonchev–Trinajstić information content (AvgIpc) is 2.41. The van der Waals surface area contributed by atoms with Gasteiger partial charge in [-0.15, -0.1) is 0 Å². The van der Waals surface area contributed by atoms with Gasteiger partial charge in [0.05, 0.1) is 5.92 Å². The van der Waals surface area contributed by atoms with E-state index < -0.39 is 24.4 Å². The van der Waals surface area contributed by atoms with Gasteiger partial charge in [0.15, 0.2) is 0 Å². The van der Waals surface area contributed by atoms with E-state index in [1.54, 1.807) is 13.0 Å². The molecule has 0 aromatic heterocycles. The van der Waals surface area contributed by atoms with Crippen LogP contribution in [0.15, 0.2) is 30.3 Å². The lowest BCUT2D eigenvalue weighted by molar-refractivity contribution is -0.157. The SMILES string of the molecule is CC(CO)CNC(=O)CC(c1ccccc1)C(F)(F)F. The third kappa shape index (κ3) is 5.21. The number of carbonyl (C=O) groups is 1. The van der Waals surface area contributed by atoms with Crippen molar-refractivity contribution in [1.82, 2.24) is 5.32 Å². The molecule has 0 fully saturated rings. The summed E-state index contributed by atoms with van der Waals surface area (Å²) in [5.41, 5.74) is 0.0744. The molecule has 0 heterocycles. The molecule has 0 spiro atoms. The molecule has 2 atom stereocenters. The fourth-order valence-electron chi connectivity index (χ4n) is 1.72. The molecule has 1 amide bonds. The van der Waals surface area contributed by atoms with Crippen LogP contribution in [0.1, 0.15) is 24.8 Å². The van der Waals surface area contributed by atoms with E-state index in [-0.39, 0.29) is 24.6 Å². The minimum Gasteiger partial charge on any atom is -0.396 e. The van der Waals surface area contributed by atoms with Crippen LogP contribution < -0.4 is 5.32 Å². The second kappa shape index (κ2) is 7.28. The lowest BCUT2D eigenvalue weighted by Gasteiger charge is -2.20. The topological polar surface area (TPSA) is 49.3 Å². The lowest BCUT2D eigenvalue weighted by atomic mass is 9.94. The third-order valence-corrected chi connectivity index (χ3v) is 2.95. The van der Waals surface area contributed by atoms with Gasteiger partial charge in [-0.2, -0.15) is 13.2 Å². The number of aliphatic hydroxyl groups excluding tert-OH is 1. The first-order valence-electron chi connectivity index (χ1n) is 6.33. The van der Waals surface area contributed by atoms with E-state index in [1.165, 1.54) is 24.3 Å². The van der Waals surface area contributed by atoms with Crippen LogP contribution in [0.3, 0.4) is 0 Å². The number of aliphatic hydroxyl groups is 1. The van der Waals surface area contributed by atoms with Crippen molar-refractivity contribution in [3.8, 4) is 0 Å². The molecule has 0 radical (unpaired) electrons. The van der Waals surface area contributed by atoms with E-state index in [4.69, 9.17) is 5.11 Å². The Labute approximate surface area is 115 Å². The molecule has 1 rings (SSSR count). The summed E-state index contributed by atoms with van der Waals surface area (Å²) in [6, 6.07) is 7.38. The summed E-state index contributed by atoms with van der Waals surface area (Å²) in [7, 11) is 0. The van der Waals surface area contributed by atoms with Crippen molar-refractivity contribution >= 4 is 5.91 Å². The molecule has 2 unspecified atom stereocenters.